The molecule has 0 bridgehead atoms. The van der Waals surface area contributed by atoms with Gasteiger partial charge in [-0.3, -0.25) is 4.79 Å². The van der Waals surface area contributed by atoms with Gasteiger partial charge in [0.15, 0.2) is 0 Å². The van der Waals surface area contributed by atoms with Crippen molar-refractivity contribution in [3.63, 3.8) is 0 Å². The summed E-state index contributed by atoms with van der Waals surface area (Å²) >= 11 is 0. The van der Waals surface area contributed by atoms with Crippen LogP contribution in [-0.4, -0.2) is 44.9 Å². The van der Waals surface area contributed by atoms with Gasteiger partial charge >= 0.3 is 0 Å². The number of carbonyl (C=O) groups excluding carboxylic acids is 1. The van der Waals surface area contributed by atoms with Crippen LogP contribution in [0.3, 0.4) is 0 Å². The van der Waals surface area contributed by atoms with Gasteiger partial charge in [0, 0.05) is 26.8 Å². The second-order valence-corrected chi connectivity index (χ2v) is 4.42. The Morgan fingerprint density at radius 2 is 2.41 bits per heavy atom. The summed E-state index contributed by atoms with van der Waals surface area (Å²) in [6.07, 6.45) is 4.87. The Hall–Kier alpha value is -0.650. The summed E-state index contributed by atoms with van der Waals surface area (Å²) in [4.78, 5) is 11.5. The zero-order chi connectivity index (χ0) is 12.5. The Kier molecular flexibility index (Phi) is 7.16. The molecule has 0 saturated carbocycles. The predicted octanol–water partition coefficient (Wildman–Crippen LogP) is 0.426. The number of rotatable bonds is 7. The highest BCUT2D eigenvalue weighted by Gasteiger charge is 2.15. The first-order valence-electron chi connectivity index (χ1n) is 6.37. The molecule has 1 fully saturated rings. The van der Waals surface area contributed by atoms with E-state index in [1.165, 1.54) is 6.42 Å². The van der Waals surface area contributed by atoms with Crippen molar-refractivity contribution < 1.29 is 14.3 Å². The summed E-state index contributed by atoms with van der Waals surface area (Å²) in [6.45, 7) is 1.90. The molecule has 0 aliphatic carbocycles. The summed E-state index contributed by atoms with van der Waals surface area (Å²) in [5.74, 6) is -0.00175. The number of nitrogens with two attached hydrogens (primary N) is 1. The predicted molar refractivity (Wildman–Crippen MR) is 65.7 cm³/mol. The van der Waals surface area contributed by atoms with Crippen LogP contribution in [0.1, 0.15) is 32.1 Å². The standard InChI is InChI=1S/C12H24N2O3/c1-16-11(9-13)8-12(15)14-6-5-10-4-2-3-7-17-10/h10-11H,2-9,13H2,1H3,(H,14,15). The van der Waals surface area contributed by atoms with E-state index in [9.17, 15) is 4.79 Å². The molecule has 0 radical (unpaired) electrons. The highest BCUT2D eigenvalue weighted by atomic mass is 16.5. The van der Waals surface area contributed by atoms with Crippen molar-refractivity contribution in [2.75, 3.05) is 26.8 Å². The SMILES string of the molecule is COC(CN)CC(=O)NCCC1CCCCO1. The second kappa shape index (κ2) is 8.44. The van der Waals surface area contributed by atoms with E-state index in [4.69, 9.17) is 15.2 Å². The van der Waals surface area contributed by atoms with Gasteiger partial charge in [-0.1, -0.05) is 0 Å². The molecular weight excluding hydrogens is 220 g/mol. The Balaban J connectivity index is 2.06. The van der Waals surface area contributed by atoms with E-state index < -0.39 is 0 Å². The highest BCUT2D eigenvalue weighted by Crippen LogP contribution is 2.14. The molecule has 2 atom stereocenters. The number of methoxy groups -OCH3 is 1. The molecule has 0 aromatic rings. The molecule has 2 unspecified atom stereocenters. The molecule has 5 nitrogen and oxygen atoms in total. The Labute approximate surface area is 103 Å². The van der Waals surface area contributed by atoms with Crippen LogP contribution in [0.15, 0.2) is 0 Å². The summed E-state index contributed by atoms with van der Waals surface area (Å²) in [7, 11) is 1.57. The topological polar surface area (TPSA) is 73.6 Å². The van der Waals surface area contributed by atoms with Crippen molar-refractivity contribution in [3.8, 4) is 0 Å². The zero-order valence-electron chi connectivity index (χ0n) is 10.6. The molecule has 1 saturated heterocycles. The largest absolute Gasteiger partial charge is 0.380 e. The van der Waals surface area contributed by atoms with Crippen LogP contribution in [0.5, 0.6) is 0 Å². The smallest absolute Gasteiger partial charge is 0.222 e. The lowest BCUT2D eigenvalue weighted by Crippen LogP contribution is -2.34. The molecular formula is C12H24N2O3. The van der Waals surface area contributed by atoms with E-state index in [0.29, 0.717) is 25.6 Å². The van der Waals surface area contributed by atoms with Crippen LogP contribution in [0.4, 0.5) is 0 Å². The van der Waals surface area contributed by atoms with Gasteiger partial charge in [-0.15, -0.1) is 0 Å². The summed E-state index contributed by atoms with van der Waals surface area (Å²) in [5.41, 5.74) is 5.45. The first-order chi connectivity index (χ1) is 8.26. The number of amides is 1. The first-order valence-corrected chi connectivity index (χ1v) is 6.37. The number of nitrogens with one attached hydrogen (secondary N) is 1. The van der Waals surface area contributed by atoms with Crippen molar-refractivity contribution in [1.82, 2.24) is 5.32 Å². The van der Waals surface area contributed by atoms with Crippen molar-refractivity contribution >= 4 is 5.91 Å². The van der Waals surface area contributed by atoms with E-state index >= 15 is 0 Å². The molecule has 1 aliphatic heterocycles. The number of carbonyl (C=O) groups is 1. The van der Waals surface area contributed by atoms with Gasteiger partial charge in [-0.05, 0) is 25.7 Å². The van der Waals surface area contributed by atoms with Crippen LogP contribution < -0.4 is 11.1 Å². The molecule has 100 valence electrons. The molecule has 3 N–H and O–H groups in total. The normalized spacial score (nSPS) is 22.1. The maximum atomic E-state index is 11.5. The van der Waals surface area contributed by atoms with Crippen molar-refractivity contribution in [1.29, 1.82) is 0 Å². The van der Waals surface area contributed by atoms with Gasteiger partial charge in [0.25, 0.3) is 0 Å². The number of ether oxygens (including phenoxy) is 2. The van der Waals surface area contributed by atoms with Crippen LogP contribution in [0, 0.1) is 0 Å². The lowest BCUT2D eigenvalue weighted by atomic mass is 10.1. The quantitative estimate of drug-likeness (QED) is 0.681. The third-order valence-electron chi connectivity index (χ3n) is 3.07. The van der Waals surface area contributed by atoms with E-state index in [1.807, 2.05) is 0 Å². The van der Waals surface area contributed by atoms with E-state index in [1.54, 1.807) is 7.11 Å². The fraction of sp³-hybridized carbons (Fsp3) is 0.917. The van der Waals surface area contributed by atoms with Crippen LogP contribution >= 0.6 is 0 Å². The van der Waals surface area contributed by atoms with Gasteiger partial charge in [0.2, 0.25) is 5.91 Å². The molecule has 0 spiro atoms. The van der Waals surface area contributed by atoms with Gasteiger partial charge in [0.1, 0.15) is 0 Å². The molecule has 1 heterocycles. The van der Waals surface area contributed by atoms with E-state index in [-0.39, 0.29) is 12.0 Å². The molecule has 5 heteroatoms. The van der Waals surface area contributed by atoms with Crippen LogP contribution in [0.25, 0.3) is 0 Å². The van der Waals surface area contributed by atoms with Crippen LogP contribution in [0.2, 0.25) is 0 Å². The van der Waals surface area contributed by atoms with Gasteiger partial charge < -0.3 is 20.5 Å². The maximum absolute atomic E-state index is 11.5. The molecule has 0 aromatic heterocycles. The summed E-state index contributed by atoms with van der Waals surface area (Å²) in [5, 5.41) is 2.87. The van der Waals surface area contributed by atoms with Crippen molar-refractivity contribution in [2.45, 2.75) is 44.3 Å². The van der Waals surface area contributed by atoms with E-state index in [2.05, 4.69) is 5.32 Å². The highest BCUT2D eigenvalue weighted by molar-refractivity contribution is 5.76. The minimum absolute atomic E-state index is 0.00175. The number of hydrogen-bond acceptors (Lipinski definition) is 4. The van der Waals surface area contributed by atoms with Gasteiger partial charge in [-0.2, -0.15) is 0 Å². The molecule has 1 amide bonds. The summed E-state index contributed by atoms with van der Waals surface area (Å²) < 4.78 is 10.6. The zero-order valence-corrected chi connectivity index (χ0v) is 10.6. The van der Waals surface area contributed by atoms with Crippen LogP contribution in [-0.2, 0) is 14.3 Å². The summed E-state index contributed by atoms with van der Waals surface area (Å²) in [6, 6.07) is 0. The Morgan fingerprint density at radius 3 is 3.00 bits per heavy atom. The molecule has 1 aliphatic rings. The van der Waals surface area contributed by atoms with Crippen molar-refractivity contribution in [3.05, 3.63) is 0 Å². The monoisotopic (exact) mass is 244 g/mol. The maximum Gasteiger partial charge on any atom is 0.222 e. The van der Waals surface area contributed by atoms with Gasteiger partial charge in [0.05, 0.1) is 18.6 Å². The van der Waals surface area contributed by atoms with Crippen molar-refractivity contribution in [2.24, 2.45) is 5.73 Å². The molecule has 0 aromatic carbocycles. The second-order valence-electron chi connectivity index (χ2n) is 4.42. The Morgan fingerprint density at radius 1 is 1.59 bits per heavy atom. The van der Waals surface area contributed by atoms with E-state index in [0.717, 1.165) is 25.9 Å². The Bertz CT molecular complexity index is 214. The average Bonchev–Trinajstić information content (AvgIpc) is 2.37. The minimum Gasteiger partial charge on any atom is -0.380 e. The third-order valence-corrected chi connectivity index (χ3v) is 3.07. The lowest BCUT2D eigenvalue weighted by Gasteiger charge is -2.22. The fourth-order valence-corrected chi connectivity index (χ4v) is 1.95. The molecule has 1 rings (SSSR count). The lowest BCUT2D eigenvalue weighted by molar-refractivity contribution is -0.123. The minimum atomic E-state index is -0.180. The third kappa shape index (κ3) is 6.00. The average molecular weight is 244 g/mol. The number of hydrogen-bond donors (Lipinski definition) is 2. The fourth-order valence-electron chi connectivity index (χ4n) is 1.95. The van der Waals surface area contributed by atoms with Gasteiger partial charge in [-0.25, -0.2) is 0 Å². The first kappa shape index (κ1) is 14.4. The molecule has 17 heavy (non-hydrogen) atoms.